The highest BCUT2D eigenvalue weighted by atomic mass is 35.5. The van der Waals surface area contributed by atoms with Crippen molar-refractivity contribution >= 4 is 40.0 Å². The summed E-state index contributed by atoms with van der Waals surface area (Å²) < 4.78 is 0. The van der Waals surface area contributed by atoms with Crippen LogP contribution in [0.3, 0.4) is 0 Å². The third-order valence-corrected chi connectivity index (χ3v) is 9.58. The van der Waals surface area contributed by atoms with Crippen LogP contribution in [0.5, 0.6) is 0 Å². The average molecular weight is 521 g/mol. The second kappa shape index (κ2) is 9.50. The van der Waals surface area contributed by atoms with E-state index in [1.54, 1.807) is 0 Å². The largest absolute Gasteiger partial charge is 0.333 e. The van der Waals surface area contributed by atoms with Gasteiger partial charge < -0.3 is 9.80 Å². The third-order valence-electron chi connectivity index (χ3n) is 9.20. The van der Waals surface area contributed by atoms with E-state index in [9.17, 15) is 0 Å². The number of para-hydroxylation sites is 3. The zero-order chi connectivity index (χ0) is 26.5. The van der Waals surface area contributed by atoms with Crippen molar-refractivity contribution in [3.8, 4) is 0 Å². The summed E-state index contributed by atoms with van der Waals surface area (Å²) in [4.78, 5) is 4.93. The molecule has 0 N–H and O–H groups in total. The maximum absolute atomic E-state index is 7.68. The van der Waals surface area contributed by atoms with Gasteiger partial charge in [0.1, 0.15) is 0 Å². The van der Waals surface area contributed by atoms with Gasteiger partial charge in [0.2, 0.25) is 0 Å². The Bertz CT molecular complexity index is 1390. The number of rotatable bonds is 5. The highest BCUT2D eigenvalue weighted by Crippen LogP contribution is 2.65. The zero-order valence-corrected chi connectivity index (χ0v) is 23.7. The topological polar surface area (TPSA) is 6.48 Å². The normalized spacial score (nSPS) is 22.3. The lowest BCUT2D eigenvalue weighted by Gasteiger charge is -2.50. The Hall–Kier alpha value is -3.23. The second-order valence-corrected chi connectivity index (χ2v) is 12.0. The van der Waals surface area contributed by atoms with Gasteiger partial charge in [0.25, 0.3) is 0 Å². The van der Waals surface area contributed by atoms with Gasteiger partial charge in [-0.2, -0.15) is 0 Å². The van der Waals surface area contributed by atoms with Crippen LogP contribution in [0.4, 0.5) is 28.4 Å². The predicted octanol–water partition coefficient (Wildman–Crippen LogP) is 10.7. The Morgan fingerprint density at radius 2 is 1.29 bits per heavy atom. The molecule has 3 heteroatoms. The molecule has 4 aromatic carbocycles. The van der Waals surface area contributed by atoms with Gasteiger partial charge in [-0.05, 0) is 79.3 Å². The van der Waals surface area contributed by atoms with Crippen molar-refractivity contribution in [2.75, 3.05) is 9.80 Å². The Balaban J connectivity index is 1.70. The van der Waals surface area contributed by atoms with E-state index in [1.807, 2.05) is 0 Å². The first-order chi connectivity index (χ1) is 18.4. The number of nitrogens with zero attached hydrogens (tertiary/aromatic N) is 2. The molecule has 0 radical (unpaired) electrons. The van der Waals surface area contributed by atoms with Crippen LogP contribution in [0.2, 0.25) is 5.02 Å². The molecule has 1 saturated carbocycles. The van der Waals surface area contributed by atoms with Crippen LogP contribution >= 0.6 is 11.6 Å². The number of hydrogen-bond donors (Lipinski definition) is 0. The molecule has 0 aromatic heterocycles. The quantitative estimate of drug-likeness (QED) is 0.258. The molecule has 0 amide bonds. The molecule has 0 bridgehead atoms. The summed E-state index contributed by atoms with van der Waals surface area (Å²) in [5, 5.41) is 0.831. The maximum atomic E-state index is 7.68. The zero-order valence-electron chi connectivity index (χ0n) is 22.9. The Morgan fingerprint density at radius 1 is 0.763 bits per heavy atom. The fourth-order valence-electron chi connectivity index (χ4n) is 7.12. The van der Waals surface area contributed by atoms with Gasteiger partial charge in [-0.1, -0.05) is 99.8 Å². The molecule has 1 aliphatic heterocycles. The smallest absolute Gasteiger partial charge is 0.0886 e. The van der Waals surface area contributed by atoms with Gasteiger partial charge in [-0.25, -0.2) is 0 Å². The van der Waals surface area contributed by atoms with Crippen LogP contribution in [0.25, 0.3) is 0 Å². The Labute approximate surface area is 232 Å². The third kappa shape index (κ3) is 3.68. The van der Waals surface area contributed by atoms with E-state index in [1.165, 1.54) is 41.8 Å². The van der Waals surface area contributed by atoms with E-state index in [4.69, 9.17) is 11.6 Å². The van der Waals surface area contributed by atoms with Gasteiger partial charge in [-0.15, -0.1) is 0 Å². The first-order valence-electron chi connectivity index (χ1n) is 14.0. The first kappa shape index (κ1) is 25.1. The minimum Gasteiger partial charge on any atom is -0.333 e. The lowest BCUT2D eigenvalue weighted by molar-refractivity contribution is 0.194. The second-order valence-electron chi connectivity index (χ2n) is 11.7. The Morgan fingerprint density at radius 3 is 1.84 bits per heavy atom. The molecule has 4 aromatic rings. The first-order valence-corrected chi connectivity index (χ1v) is 14.4. The van der Waals surface area contributed by atoms with Crippen molar-refractivity contribution in [1.29, 1.82) is 0 Å². The van der Waals surface area contributed by atoms with E-state index in [-0.39, 0.29) is 11.0 Å². The van der Waals surface area contributed by atoms with E-state index in [0.717, 1.165) is 28.5 Å². The summed E-state index contributed by atoms with van der Waals surface area (Å²) in [6.07, 6.45) is 4.82. The summed E-state index contributed by atoms with van der Waals surface area (Å²) in [5.41, 5.74) is 8.50. The van der Waals surface area contributed by atoms with Crippen molar-refractivity contribution in [2.24, 2.45) is 0 Å². The molecule has 6 rings (SSSR count). The molecule has 2 unspecified atom stereocenters. The van der Waals surface area contributed by atoms with E-state index < -0.39 is 0 Å². The molecular formula is C35H37ClN2. The molecule has 1 aliphatic carbocycles. The molecule has 0 saturated heterocycles. The van der Waals surface area contributed by atoms with E-state index in [2.05, 4.69) is 135 Å². The monoisotopic (exact) mass is 520 g/mol. The SMILES string of the molecule is CC(C)c1cc(N(c2ccccc2)c2ccccc2)c(Cl)c2c1C1(C)CCCCC1(C)N2c1ccccc1. The summed E-state index contributed by atoms with van der Waals surface area (Å²) in [6.45, 7) is 9.64. The highest BCUT2D eigenvalue weighted by Gasteiger charge is 2.59. The van der Waals surface area contributed by atoms with E-state index in [0.29, 0.717) is 5.92 Å². The summed E-state index contributed by atoms with van der Waals surface area (Å²) in [5.74, 6) is 0.367. The number of anilines is 5. The number of fused-ring (bicyclic) bond motifs is 3. The van der Waals surface area contributed by atoms with E-state index >= 15 is 0 Å². The molecule has 194 valence electrons. The van der Waals surface area contributed by atoms with Crippen LogP contribution in [-0.4, -0.2) is 5.54 Å². The lowest BCUT2D eigenvalue weighted by atomic mass is 9.60. The minimum absolute atomic E-state index is 0.0164. The highest BCUT2D eigenvalue weighted by molar-refractivity contribution is 6.37. The summed E-state index contributed by atoms with van der Waals surface area (Å²) in [7, 11) is 0. The summed E-state index contributed by atoms with van der Waals surface area (Å²) in [6, 6.07) is 34.5. The van der Waals surface area contributed by atoms with Crippen molar-refractivity contribution in [3.63, 3.8) is 0 Å². The molecule has 38 heavy (non-hydrogen) atoms. The number of benzene rings is 4. The standard InChI is InChI=1S/C35H37ClN2/c1-25(2)29-24-30(37(26-16-8-5-9-17-26)27-18-10-6-11-19-27)32(36)33-31(29)34(3)22-14-15-23-35(34,4)38(33)28-20-12-7-13-21-28/h5-13,16-21,24-25H,14-15,22-23H2,1-4H3. The molecular weight excluding hydrogens is 484 g/mol. The van der Waals surface area contributed by atoms with Crippen LogP contribution in [0.15, 0.2) is 97.1 Å². The Kier molecular flexibility index (Phi) is 6.27. The molecule has 2 atom stereocenters. The number of halogens is 1. The van der Waals surface area contributed by atoms with Crippen molar-refractivity contribution < 1.29 is 0 Å². The molecule has 1 heterocycles. The molecule has 2 nitrogen and oxygen atoms in total. The van der Waals surface area contributed by atoms with Crippen LogP contribution in [0, 0.1) is 0 Å². The van der Waals surface area contributed by atoms with Crippen molar-refractivity contribution in [2.45, 2.75) is 70.3 Å². The summed E-state index contributed by atoms with van der Waals surface area (Å²) >= 11 is 7.68. The van der Waals surface area contributed by atoms with Gasteiger partial charge in [0.05, 0.1) is 21.9 Å². The fraction of sp³-hybridized carbons (Fsp3) is 0.314. The van der Waals surface area contributed by atoms with Crippen LogP contribution in [-0.2, 0) is 5.41 Å². The molecule has 2 aliphatic rings. The fourth-order valence-corrected chi connectivity index (χ4v) is 7.44. The number of hydrogen-bond acceptors (Lipinski definition) is 2. The van der Waals surface area contributed by atoms with Crippen molar-refractivity contribution in [1.82, 2.24) is 0 Å². The van der Waals surface area contributed by atoms with Gasteiger partial charge in [0.15, 0.2) is 0 Å². The van der Waals surface area contributed by atoms with Gasteiger partial charge >= 0.3 is 0 Å². The predicted molar refractivity (Wildman–Crippen MR) is 163 cm³/mol. The van der Waals surface area contributed by atoms with Crippen LogP contribution in [0.1, 0.15) is 70.4 Å². The molecule has 0 spiro atoms. The minimum atomic E-state index is -0.0504. The van der Waals surface area contributed by atoms with Gasteiger partial charge in [0, 0.05) is 22.5 Å². The lowest BCUT2D eigenvalue weighted by Crippen LogP contribution is -2.54. The van der Waals surface area contributed by atoms with Gasteiger partial charge in [-0.3, -0.25) is 0 Å². The van der Waals surface area contributed by atoms with Crippen LogP contribution < -0.4 is 9.80 Å². The van der Waals surface area contributed by atoms with Crippen molar-refractivity contribution in [3.05, 3.63) is 113 Å². The maximum Gasteiger partial charge on any atom is 0.0886 e. The average Bonchev–Trinajstić information content (AvgIpc) is 3.16. The molecule has 1 fully saturated rings.